The number of hydrogen-bond acceptors (Lipinski definition) is 5. The zero-order valence-corrected chi connectivity index (χ0v) is 14.3. The predicted octanol–water partition coefficient (Wildman–Crippen LogP) is 3.01. The number of ether oxygens (including phenoxy) is 1. The molecule has 1 heterocycles. The molecule has 0 radical (unpaired) electrons. The summed E-state index contributed by atoms with van der Waals surface area (Å²) in [6, 6.07) is -0.667. The van der Waals surface area contributed by atoms with E-state index in [0.717, 1.165) is 0 Å². The van der Waals surface area contributed by atoms with Crippen molar-refractivity contribution in [1.29, 1.82) is 0 Å². The summed E-state index contributed by atoms with van der Waals surface area (Å²) in [5.74, 6) is -1.06. The van der Waals surface area contributed by atoms with E-state index in [1.165, 1.54) is 24.8 Å². The zero-order chi connectivity index (χ0) is 18.2. The maximum Gasteiger partial charge on any atom is 0.534 e. The van der Waals surface area contributed by atoms with E-state index in [2.05, 4.69) is 4.18 Å². The van der Waals surface area contributed by atoms with Crippen molar-refractivity contribution in [3.63, 3.8) is 0 Å². The third-order valence-corrected chi connectivity index (χ3v) is 3.95. The molecule has 1 rings (SSSR count). The largest absolute Gasteiger partial charge is 0.534 e. The minimum Gasteiger partial charge on any atom is -0.444 e. The smallest absolute Gasteiger partial charge is 0.444 e. The Kier molecular flexibility index (Phi) is 5.30. The fourth-order valence-electron chi connectivity index (χ4n) is 1.89. The number of carbonyl (C=O) groups is 1. The third-order valence-electron chi connectivity index (χ3n) is 2.97. The summed E-state index contributed by atoms with van der Waals surface area (Å²) in [5.41, 5.74) is -6.22. The van der Waals surface area contributed by atoms with Gasteiger partial charge in [-0.25, -0.2) is 4.79 Å². The first-order chi connectivity index (χ1) is 10.1. The Morgan fingerprint density at radius 1 is 1.26 bits per heavy atom. The quantitative estimate of drug-likeness (QED) is 0.560. The number of amides is 1. The maximum atomic E-state index is 12.4. The van der Waals surface area contributed by atoms with Crippen molar-refractivity contribution in [2.24, 2.45) is 5.92 Å². The summed E-state index contributed by atoms with van der Waals surface area (Å²) in [6.45, 7) is 8.02. The molecule has 0 aromatic rings. The molecule has 2 atom stereocenters. The molecule has 2 unspecified atom stereocenters. The van der Waals surface area contributed by atoms with Gasteiger partial charge in [-0.3, -0.25) is 0 Å². The fraction of sp³-hybridized carbons (Fsp3) is 0.769. The third kappa shape index (κ3) is 5.02. The molecule has 0 fully saturated rings. The number of halogens is 3. The van der Waals surface area contributed by atoms with Crippen molar-refractivity contribution in [1.82, 2.24) is 4.90 Å². The second-order valence-electron chi connectivity index (χ2n) is 6.33. The topological polar surface area (TPSA) is 72.9 Å². The van der Waals surface area contributed by atoms with Crippen LogP contribution in [0.4, 0.5) is 18.0 Å². The van der Waals surface area contributed by atoms with E-state index in [1.54, 1.807) is 20.8 Å². The second-order valence-corrected chi connectivity index (χ2v) is 7.86. The van der Waals surface area contributed by atoms with Gasteiger partial charge >= 0.3 is 21.7 Å². The molecule has 1 aliphatic heterocycles. The molecule has 0 bridgehead atoms. The van der Waals surface area contributed by atoms with Crippen LogP contribution in [0.5, 0.6) is 0 Å². The van der Waals surface area contributed by atoms with Gasteiger partial charge in [0, 0.05) is 12.5 Å². The maximum absolute atomic E-state index is 12.4. The molecular weight excluding hydrogens is 339 g/mol. The van der Waals surface area contributed by atoms with Crippen LogP contribution in [0.25, 0.3) is 0 Å². The normalized spacial score (nSPS) is 23.3. The van der Waals surface area contributed by atoms with Crippen LogP contribution >= 0.6 is 0 Å². The van der Waals surface area contributed by atoms with E-state index in [-0.39, 0.29) is 12.3 Å². The lowest BCUT2D eigenvalue weighted by Crippen LogP contribution is -2.47. The number of alkyl halides is 3. The Hall–Kier alpha value is -1.45. The SMILES string of the molecule is CC1CN(C(=O)OC(C)(C)C)C(C)C=C1OS(=O)(=O)C(F)(F)F. The molecule has 0 aliphatic carbocycles. The first-order valence-electron chi connectivity index (χ1n) is 6.86. The van der Waals surface area contributed by atoms with Crippen LogP contribution in [0.3, 0.4) is 0 Å². The molecule has 0 spiro atoms. The van der Waals surface area contributed by atoms with E-state index < -0.39 is 39.3 Å². The highest BCUT2D eigenvalue weighted by Crippen LogP contribution is 2.31. The summed E-state index contributed by atoms with van der Waals surface area (Å²) in [4.78, 5) is 13.4. The molecular formula is C13H20F3NO5S. The van der Waals surface area contributed by atoms with Crippen molar-refractivity contribution in [2.75, 3.05) is 6.54 Å². The minimum atomic E-state index is -5.72. The van der Waals surface area contributed by atoms with Crippen molar-refractivity contribution in [2.45, 2.75) is 51.8 Å². The lowest BCUT2D eigenvalue weighted by atomic mass is 10.0. The molecule has 0 N–H and O–H groups in total. The standard InChI is InChI=1S/C13H20F3NO5S/c1-8-7-17(11(18)21-12(3,4)5)9(2)6-10(8)22-23(19,20)13(14,15)16/h6,8-9H,7H2,1-5H3. The number of hydrogen-bond donors (Lipinski definition) is 0. The van der Waals surface area contributed by atoms with Gasteiger partial charge in [-0.05, 0) is 33.8 Å². The van der Waals surface area contributed by atoms with Gasteiger partial charge in [-0.15, -0.1) is 0 Å². The molecule has 0 aromatic carbocycles. The summed E-state index contributed by atoms with van der Waals surface area (Å²) in [7, 11) is -5.72. The van der Waals surface area contributed by atoms with E-state index in [9.17, 15) is 26.4 Å². The van der Waals surface area contributed by atoms with Crippen LogP contribution in [-0.2, 0) is 19.0 Å². The number of rotatable bonds is 2. The molecule has 6 nitrogen and oxygen atoms in total. The van der Waals surface area contributed by atoms with Crippen LogP contribution in [0, 0.1) is 5.92 Å². The van der Waals surface area contributed by atoms with E-state index in [4.69, 9.17) is 4.74 Å². The highest BCUT2D eigenvalue weighted by Gasteiger charge is 2.49. The van der Waals surface area contributed by atoms with Crippen LogP contribution in [-0.4, -0.2) is 43.1 Å². The van der Waals surface area contributed by atoms with Crippen LogP contribution in [0.2, 0.25) is 0 Å². The highest BCUT2D eigenvalue weighted by atomic mass is 32.2. The average Bonchev–Trinajstić information content (AvgIpc) is 2.29. The lowest BCUT2D eigenvalue weighted by Gasteiger charge is -2.36. The van der Waals surface area contributed by atoms with E-state index in [1.807, 2.05) is 0 Å². The molecule has 10 heteroatoms. The van der Waals surface area contributed by atoms with Crippen molar-refractivity contribution >= 4 is 16.2 Å². The molecule has 23 heavy (non-hydrogen) atoms. The lowest BCUT2D eigenvalue weighted by molar-refractivity contribution is -0.0531. The Balaban J connectivity index is 2.94. The summed E-state index contributed by atoms with van der Waals surface area (Å²) in [5, 5.41) is 0. The molecule has 0 aromatic heterocycles. The molecule has 134 valence electrons. The molecule has 1 amide bonds. The van der Waals surface area contributed by atoms with Crippen LogP contribution < -0.4 is 0 Å². The molecule has 0 saturated carbocycles. The van der Waals surface area contributed by atoms with Gasteiger partial charge in [0.05, 0.1) is 6.04 Å². The van der Waals surface area contributed by atoms with Crippen molar-refractivity contribution in [3.05, 3.63) is 11.8 Å². The fourth-order valence-corrected chi connectivity index (χ4v) is 2.46. The highest BCUT2D eigenvalue weighted by molar-refractivity contribution is 7.87. The summed E-state index contributed by atoms with van der Waals surface area (Å²) in [6.07, 6.45) is 0.535. The number of carbonyl (C=O) groups excluding carboxylic acids is 1. The Morgan fingerprint density at radius 2 is 1.78 bits per heavy atom. The van der Waals surface area contributed by atoms with Crippen LogP contribution in [0.15, 0.2) is 11.8 Å². The van der Waals surface area contributed by atoms with Crippen LogP contribution in [0.1, 0.15) is 34.6 Å². The average molecular weight is 359 g/mol. The van der Waals surface area contributed by atoms with Gasteiger partial charge in [-0.1, -0.05) is 6.92 Å². The summed E-state index contributed by atoms with van der Waals surface area (Å²) < 4.78 is 68.7. The Bertz CT molecular complexity index is 592. The van der Waals surface area contributed by atoms with Gasteiger partial charge < -0.3 is 13.8 Å². The summed E-state index contributed by atoms with van der Waals surface area (Å²) >= 11 is 0. The van der Waals surface area contributed by atoms with Gasteiger partial charge in [-0.2, -0.15) is 21.6 Å². The van der Waals surface area contributed by atoms with Gasteiger partial charge in [0.1, 0.15) is 11.4 Å². The monoisotopic (exact) mass is 359 g/mol. The second kappa shape index (κ2) is 6.21. The van der Waals surface area contributed by atoms with E-state index in [0.29, 0.717) is 0 Å². The minimum absolute atomic E-state index is 0.0186. The Morgan fingerprint density at radius 3 is 2.22 bits per heavy atom. The molecule has 1 aliphatic rings. The van der Waals surface area contributed by atoms with Crippen molar-refractivity contribution in [3.8, 4) is 0 Å². The van der Waals surface area contributed by atoms with E-state index >= 15 is 0 Å². The van der Waals surface area contributed by atoms with Crippen molar-refractivity contribution < 1.29 is 35.3 Å². The Labute approximate surface area is 133 Å². The predicted molar refractivity (Wildman–Crippen MR) is 75.7 cm³/mol. The molecule has 0 saturated heterocycles. The number of nitrogens with zero attached hydrogens (tertiary/aromatic N) is 1. The van der Waals surface area contributed by atoms with Gasteiger partial charge in [0.25, 0.3) is 0 Å². The zero-order valence-electron chi connectivity index (χ0n) is 13.5. The van der Waals surface area contributed by atoms with Gasteiger partial charge in [0.2, 0.25) is 0 Å². The van der Waals surface area contributed by atoms with Gasteiger partial charge in [0.15, 0.2) is 0 Å². The first-order valence-corrected chi connectivity index (χ1v) is 8.27. The first kappa shape index (κ1) is 19.6.